The minimum atomic E-state index is 0. The van der Waals surface area contributed by atoms with Gasteiger partial charge in [-0.2, -0.15) is 54.0 Å². The molecule has 8 fully saturated rings. The number of ether oxygens (including phenoxy) is 8. The van der Waals surface area contributed by atoms with E-state index in [0.29, 0.717) is 0 Å². The predicted molar refractivity (Wildman–Crippen MR) is 231 cm³/mol. The summed E-state index contributed by atoms with van der Waals surface area (Å²) in [6, 6.07) is 0. The van der Waals surface area contributed by atoms with E-state index in [1.165, 1.54) is 0 Å². The molecule has 0 aromatic heterocycles. The smallest absolute Gasteiger partial charge is 0.0591 e. The number of nitrogens with one attached hydrogen (secondary N) is 8. The van der Waals surface area contributed by atoms with Crippen molar-refractivity contribution in [2.75, 3.05) is 210 Å². The van der Waals surface area contributed by atoms with E-state index in [1.54, 1.807) is 0 Å². The molecule has 8 saturated heterocycles. The molecule has 0 atom stereocenters. The van der Waals surface area contributed by atoms with Gasteiger partial charge in [-0.05, 0) is 0 Å². The summed E-state index contributed by atoms with van der Waals surface area (Å²) in [5, 5.41) is 25.3. The van der Waals surface area contributed by atoms with Crippen molar-refractivity contribution in [2.24, 2.45) is 0 Å². The molecule has 8 heterocycles. The quantitative estimate of drug-likeness (QED) is 0.127. The Morgan fingerprint density at radius 2 is 0.231 bits per heavy atom. The van der Waals surface area contributed by atoms with E-state index in [-0.39, 0.29) is 54.0 Å². The molecule has 0 aromatic rings. The van der Waals surface area contributed by atoms with Crippen LogP contribution in [-0.2, 0) is 37.9 Å². The highest BCUT2D eigenvalue weighted by Crippen LogP contribution is 1.80. The fourth-order valence-electron chi connectivity index (χ4n) is 4.13. The van der Waals surface area contributed by atoms with Crippen LogP contribution in [0.5, 0.6) is 0 Å². The van der Waals surface area contributed by atoms with Crippen molar-refractivity contribution in [1.82, 2.24) is 42.5 Å². The first-order chi connectivity index (χ1) is 24.0. The third-order valence-electron chi connectivity index (χ3n) is 6.77. The van der Waals surface area contributed by atoms with Crippen LogP contribution in [0.4, 0.5) is 0 Å². The van der Waals surface area contributed by atoms with Crippen molar-refractivity contribution in [3.05, 3.63) is 0 Å². The lowest BCUT2D eigenvalue weighted by atomic mass is 10.5. The predicted octanol–water partition coefficient (Wildman–Crippen LogP) is -2.70. The summed E-state index contributed by atoms with van der Waals surface area (Å²) in [5.41, 5.74) is 0. The normalized spacial score (nSPS) is 22.2. The van der Waals surface area contributed by atoms with Gasteiger partial charge in [0.15, 0.2) is 0 Å². The Bertz CT molecular complexity index is 349. The molecule has 0 bridgehead atoms. The molecule has 16 nitrogen and oxygen atoms in total. The van der Waals surface area contributed by atoms with Gasteiger partial charge in [0, 0.05) is 105 Å². The molecule has 20 heteroatoms. The van der Waals surface area contributed by atoms with Crippen LogP contribution in [0.2, 0.25) is 0 Å². The topological polar surface area (TPSA) is 170 Å². The second kappa shape index (κ2) is 56.1. The lowest BCUT2D eigenvalue weighted by Crippen LogP contribution is -2.30. The Hall–Kier alpha value is 0.760. The molecule has 8 rings (SSSR count). The molecular weight excluding hydrogens is 753 g/mol. The van der Waals surface area contributed by atoms with E-state index < -0.39 is 0 Å². The Kier molecular flexibility index (Phi) is 64.1. The van der Waals surface area contributed by atoms with Crippen molar-refractivity contribution in [3.63, 3.8) is 0 Å². The van der Waals surface area contributed by atoms with Gasteiger partial charge in [0.2, 0.25) is 0 Å². The lowest BCUT2D eigenvalue weighted by Gasteiger charge is -2.10. The van der Waals surface area contributed by atoms with Crippen molar-refractivity contribution < 1.29 is 37.9 Å². The highest BCUT2D eigenvalue weighted by atomic mass is 32.1. The summed E-state index contributed by atoms with van der Waals surface area (Å²) >= 11 is 0. The maximum absolute atomic E-state index is 5.01. The molecule has 8 aliphatic rings. The summed E-state index contributed by atoms with van der Waals surface area (Å²) in [4.78, 5) is 0. The van der Waals surface area contributed by atoms with Crippen molar-refractivity contribution in [1.29, 1.82) is 0 Å². The summed E-state index contributed by atoms with van der Waals surface area (Å²) in [6.45, 7) is 30.7. The standard InChI is InChI=1S/8C4H9NO.4H2S/c8*1-3-6-4-2-5-1;;;;/h8*5H,1-4H2;4*1H2. The second-order valence-electron chi connectivity index (χ2n) is 10.9. The van der Waals surface area contributed by atoms with Crippen LogP contribution in [0.15, 0.2) is 0 Å². The molecule has 8 aliphatic heterocycles. The largest absolute Gasteiger partial charge is 0.379 e. The minimum Gasteiger partial charge on any atom is -0.379 e. The molecule has 0 amide bonds. The van der Waals surface area contributed by atoms with Crippen molar-refractivity contribution in [3.8, 4) is 0 Å². The van der Waals surface area contributed by atoms with Gasteiger partial charge in [-0.15, -0.1) is 0 Å². The molecular formula is C32H80N8O8S4. The van der Waals surface area contributed by atoms with Gasteiger partial charge in [0.1, 0.15) is 0 Å². The van der Waals surface area contributed by atoms with Gasteiger partial charge in [0.25, 0.3) is 0 Å². The van der Waals surface area contributed by atoms with Gasteiger partial charge < -0.3 is 80.4 Å². The Balaban J connectivity index is -0.000000250. The van der Waals surface area contributed by atoms with Crippen LogP contribution in [0.25, 0.3) is 0 Å². The van der Waals surface area contributed by atoms with E-state index in [1.807, 2.05) is 0 Å². The van der Waals surface area contributed by atoms with Gasteiger partial charge in [0.05, 0.1) is 106 Å². The summed E-state index contributed by atoms with van der Waals surface area (Å²) in [5.74, 6) is 0. The van der Waals surface area contributed by atoms with Gasteiger partial charge in [-0.3, -0.25) is 0 Å². The zero-order chi connectivity index (χ0) is 33.9. The van der Waals surface area contributed by atoms with E-state index in [4.69, 9.17) is 37.9 Å². The van der Waals surface area contributed by atoms with Crippen LogP contribution in [-0.4, -0.2) is 210 Å². The third kappa shape index (κ3) is 52.9. The first-order valence-corrected chi connectivity index (χ1v) is 18.3. The number of hydrogen-bond acceptors (Lipinski definition) is 16. The third-order valence-corrected chi connectivity index (χ3v) is 6.77. The average molecular weight is 833 g/mol. The van der Waals surface area contributed by atoms with Crippen molar-refractivity contribution >= 4 is 54.0 Å². The fourth-order valence-corrected chi connectivity index (χ4v) is 4.13. The van der Waals surface area contributed by atoms with Gasteiger partial charge in [-0.1, -0.05) is 0 Å². The van der Waals surface area contributed by atoms with E-state index in [0.717, 1.165) is 210 Å². The first-order valence-electron chi connectivity index (χ1n) is 18.3. The molecule has 0 aliphatic carbocycles. The molecule has 0 saturated carbocycles. The van der Waals surface area contributed by atoms with E-state index in [9.17, 15) is 0 Å². The van der Waals surface area contributed by atoms with E-state index in [2.05, 4.69) is 42.5 Å². The van der Waals surface area contributed by atoms with Crippen LogP contribution < -0.4 is 42.5 Å². The monoisotopic (exact) mass is 832 g/mol. The average Bonchev–Trinajstić information content (AvgIpc) is 3.25. The number of rotatable bonds is 0. The fraction of sp³-hybridized carbons (Fsp3) is 1.00. The zero-order valence-electron chi connectivity index (χ0n) is 31.9. The highest BCUT2D eigenvalue weighted by molar-refractivity contribution is 7.59. The number of morpholine rings is 8. The van der Waals surface area contributed by atoms with Crippen LogP contribution in [0.1, 0.15) is 0 Å². The molecule has 0 aromatic carbocycles. The zero-order valence-corrected chi connectivity index (χ0v) is 35.9. The van der Waals surface area contributed by atoms with E-state index >= 15 is 0 Å². The SMILES string of the molecule is C1COCCN1.C1COCCN1.C1COCCN1.C1COCCN1.C1COCCN1.C1COCCN1.C1COCCN1.C1COCCN1.S.S.S.S. The highest BCUT2D eigenvalue weighted by Gasteiger charge is 1.97. The first kappa shape index (κ1) is 59.5. The second-order valence-corrected chi connectivity index (χ2v) is 10.9. The Morgan fingerprint density at radius 3 is 0.250 bits per heavy atom. The maximum Gasteiger partial charge on any atom is 0.0591 e. The van der Waals surface area contributed by atoms with Crippen molar-refractivity contribution in [2.45, 2.75) is 0 Å². The van der Waals surface area contributed by atoms with Crippen LogP contribution >= 0.6 is 54.0 Å². The molecule has 0 radical (unpaired) electrons. The molecule has 320 valence electrons. The summed E-state index contributed by atoms with van der Waals surface area (Å²) < 4.78 is 40.1. The van der Waals surface area contributed by atoms with Crippen LogP contribution in [0.3, 0.4) is 0 Å². The number of hydrogen-bond donors (Lipinski definition) is 8. The summed E-state index contributed by atoms with van der Waals surface area (Å²) in [6.07, 6.45) is 0. The molecule has 0 spiro atoms. The lowest BCUT2D eigenvalue weighted by molar-refractivity contribution is 0.109. The summed E-state index contributed by atoms with van der Waals surface area (Å²) in [7, 11) is 0. The Morgan fingerprint density at radius 1 is 0.154 bits per heavy atom. The van der Waals surface area contributed by atoms with Crippen LogP contribution in [0, 0.1) is 0 Å². The molecule has 0 unspecified atom stereocenters. The molecule has 52 heavy (non-hydrogen) atoms. The maximum atomic E-state index is 5.01. The Labute approximate surface area is 343 Å². The minimum absolute atomic E-state index is 0. The van der Waals surface area contributed by atoms with Gasteiger partial charge >= 0.3 is 0 Å². The molecule has 8 N–H and O–H groups in total. The van der Waals surface area contributed by atoms with Gasteiger partial charge in [-0.25, -0.2) is 0 Å².